The van der Waals surface area contributed by atoms with E-state index in [0.717, 1.165) is 12.8 Å². The van der Waals surface area contributed by atoms with Crippen LogP contribution in [0.25, 0.3) is 0 Å². The minimum atomic E-state index is -2.80. The summed E-state index contributed by atoms with van der Waals surface area (Å²) in [7, 11) is 0. The van der Waals surface area contributed by atoms with Gasteiger partial charge >= 0.3 is 6.61 Å². The summed E-state index contributed by atoms with van der Waals surface area (Å²) in [5.74, 6) is 1.12. The van der Waals surface area contributed by atoms with Crippen LogP contribution < -0.4 is 10.5 Å². The van der Waals surface area contributed by atoms with E-state index in [-0.39, 0.29) is 5.75 Å². The van der Waals surface area contributed by atoms with Gasteiger partial charge in [-0.3, -0.25) is 0 Å². The molecule has 0 aromatic heterocycles. The number of benzene rings is 1. The van der Waals surface area contributed by atoms with Crippen molar-refractivity contribution in [2.75, 3.05) is 0 Å². The standard InChI is InChI=1S/C14H18F2N2O/c15-14(16)19-12-8-6-11(7-9-12)18-13(17)10-4-2-1-3-5-10/h6-10,14H,1-5H2,(H2,17,18). The van der Waals surface area contributed by atoms with E-state index in [4.69, 9.17) is 5.73 Å². The molecule has 2 rings (SSSR count). The second-order valence-electron chi connectivity index (χ2n) is 4.74. The summed E-state index contributed by atoms with van der Waals surface area (Å²) >= 11 is 0. The van der Waals surface area contributed by atoms with Gasteiger partial charge in [0.1, 0.15) is 11.6 Å². The van der Waals surface area contributed by atoms with Gasteiger partial charge in [0, 0.05) is 5.92 Å². The Balaban J connectivity index is 2.01. The molecule has 2 N–H and O–H groups in total. The molecule has 0 atom stereocenters. The van der Waals surface area contributed by atoms with Crippen molar-refractivity contribution >= 4 is 11.5 Å². The number of rotatable bonds is 4. The molecule has 5 heteroatoms. The van der Waals surface area contributed by atoms with Gasteiger partial charge in [-0.05, 0) is 37.1 Å². The fourth-order valence-corrected chi connectivity index (χ4v) is 2.34. The minimum Gasteiger partial charge on any atom is -0.435 e. The fourth-order valence-electron chi connectivity index (χ4n) is 2.34. The molecule has 0 heterocycles. The van der Waals surface area contributed by atoms with Crippen LogP contribution in [-0.2, 0) is 0 Å². The molecule has 1 aromatic rings. The molecule has 3 nitrogen and oxygen atoms in total. The molecule has 0 bridgehead atoms. The van der Waals surface area contributed by atoms with E-state index >= 15 is 0 Å². The van der Waals surface area contributed by atoms with E-state index in [1.165, 1.54) is 31.4 Å². The summed E-state index contributed by atoms with van der Waals surface area (Å²) in [6, 6.07) is 6.21. The van der Waals surface area contributed by atoms with Gasteiger partial charge in [-0.25, -0.2) is 4.99 Å². The van der Waals surface area contributed by atoms with E-state index < -0.39 is 6.61 Å². The average Bonchev–Trinajstić information content (AvgIpc) is 2.41. The molecule has 0 aliphatic heterocycles. The Morgan fingerprint density at radius 2 is 1.79 bits per heavy atom. The van der Waals surface area contributed by atoms with Crippen molar-refractivity contribution in [1.82, 2.24) is 0 Å². The third-order valence-corrected chi connectivity index (χ3v) is 3.34. The largest absolute Gasteiger partial charge is 0.435 e. The van der Waals surface area contributed by atoms with E-state index in [2.05, 4.69) is 9.73 Å². The van der Waals surface area contributed by atoms with Gasteiger partial charge in [-0.1, -0.05) is 19.3 Å². The summed E-state index contributed by atoms with van der Waals surface area (Å²) in [6.45, 7) is -2.80. The number of nitrogens with two attached hydrogens (primary N) is 1. The molecule has 0 radical (unpaired) electrons. The summed E-state index contributed by atoms with van der Waals surface area (Å²) < 4.78 is 28.3. The summed E-state index contributed by atoms with van der Waals surface area (Å²) in [6.07, 6.45) is 5.83. The lowest BCUT2D eigenvalue weighted by atomic mass is 9.88. The zero-order valence-corrected chi connectivity index (χ0v) is 10.7. The second-order valence-corrected chi connectivity index (χ2v) is 4.74. The lowest BCUT2D eigenvalue weighted by molar-refractivity contribution is -0.0498. The number of ether oxygens (including phenoxy) is 1. The number of alkyl halides is 2. The molecule has 0 amide bonds. The summed E-state index contributed by atoms with van der Waals surface area (Å²) in [5, 5.41) is 0. The molecular weight excluding hydrogens is 250 g/mol. The number of hydrogen-bond donors (Lipinski definition) is 1. The highest BCUT2D eigenvalue weighted by Gasteiger charge is 2.16. The average molecular weight is 268 g/mol. The van der Waals surface area contributed by atoms with Crippen LogP contribution in [-0.4, -0.2) is 12.4 Å². The van der Waals surface area contributed by atoms with Gasteiger partial charge in [0.15, 0.2) is 0 Å². The first-order valence-corrected chi connectivity index (χ1v) is 6.54. The van der Waals surface area contributed by atoms with Crippen LogP contribution in [0.2, 0.25) is 0 Å². The number of amidine groups is 1. The van der Waals surface area contributed by atoms with Crippen LogP contribution in [0.15, 0.2) is 29.3 Å². The van der Waals surface area contributed by atoms with Gasteiger partial charge in [0.05, 0.1) is 5.69 Å². The maximum Gasteiger partial charge on any atom is 0.387 e. The van der Waals surface area contributed by atoms with Crippen LogP contribution in [0.1, 0.15) is 32.1 Å². The molecule has 1 aliphatic rings. The molecule has 1 aromatic carbocycles. The number of halogens is 2. The quantitative estimate of drug-likeness (QED) is 0.666. The summed E-state index contributed by atoms with van der Waals surface area (Å²) in [5.41, 5.74) is 6.67. The Labute approximate surface area is 111 Å². The third kappa shape index (κ3) is 4.19. The van der Waals surface area contributed by atoms with Crippen LogP contribution in [0.3, 0.4) is 0 Å². The maximum atomic E-state index is 12.0. The van der Waals surface area contributed by atoms with E-state index in [1.54, 1.807) is 12.1 Å². The summed E-state index contributed by atoms with van der Waals surface area (Å²) in [4.78, 5) is 4.35. The van der Waals surface area contributed by atoms with E-state index in [0.29, 0.717) is 17.4 Å². The van der Waals surface area contributed by atoms with Gasteiger partial charge in [-0.15, -0.1) is 0 Å². The highest BCUT2D eigenvalue weighted by Crippen LogP contribution is 2.26. The Morgan fingerprint density at radius 3 is 2.37 bits per heavy atom. The monoisotopic (exact) mass is 268 g/mol. The van der Waals surface area contributed by atoms with Gasteiger partial charge in [-0.2, -0.15) is 8.78 Å². The molecule has 19 heavy (non-hydrogen) atoms. The molecule has 104 valence electrons. The van der Waals surface area contributed by atoms with Crippen LogP contribution in [0.4, 0.5) is 14.5 Å². The van der Waals surface area contributed by atoms with Gasteiger partial charge < -0.3 is 10.5 Å². The Bertz CT molecular complexity index is 426. The maximum absolute atomic E-state index is 12.0. The molecular formula is C14H18F2N2O. The Kier molecular flexibility index (Phi) is 4.71. The van der Waals surface area contributed by atoms with E-state index in [1.807, 2.05) is 0 Å². The van der Waals surface area contributed by atoms with Crippen molar-refractivity contribution in [1.29, 1.82) is 0 Å². The highest BCUT2D eigenvalue weighted by molar-refractivity contribution is 5.85. The van der Waals surface area contributed by atoms with Gasteiger partial charge in [0.25, 0.3) is 0 Å². The number of nitrogens with zero attached hydrogens (tertiary/aromatic N) is 1. The van der Waals surface area contributed by atoms with Gasteiger partial charge in [0.2, 0.25) is 0 Å². The van der Waals surface area contributed by atoms with Crippen LogP contribution in [0.5, 0.6) is 5.75 Å². The fraction of sp³-hybridized carbons (Fsp3) is 0.500. The first-order valence-electron chi connectivity index (χ1n) is 6.54. The number of aliphatic imine (C=N–C) groups is 1. The zero-order chi connectivity index (χ0) is 13.7. The minimum absolute atomic E-state index is 0.130. The van der Waals surface area contributed by atoms with E-state index in [9.17, 15) is 8.78 Å². The van der Waals surface area contributed by atoms with Crippen molar-refractivity contribution in [3.05, 3.63) is 24.3 Å². The normalized spacial score (nSPS) is 17.7. The molecule has 0 unspecified atom stereocenters. The first kappa shape index (κ1) is 13.8. The van der Waals surface area contributed by atoms with Crippen LogP contribution >= 0.6 is 0 Å². The lowest BCUT2D eigenvalue weighted by Gasteiger charge is -2.20. The zero-order valence-electron chi connectivity index (χ0n) is 10.7. The first-order chi connectivity index (χ1) is 9.15. The second kappa shape index (κ2) is 6.50. The van der Waals surface area contributed by atoms with Crippen molar-refractivity contribution < 1.29 is 13.5 Å². The molecule has 0 spiro atoms. The SMILES string of the molecule is NC(=Nc1ccc(OC(F)F)cc1)C1CCCCC1. The van der Waals surface area contributed by atoms with Crippen molar-refractivity contribution in [3.63, 3.8) is 0 Å². The van der Waals surface area contributed by atoms with Crippen molar-refractivity contribution in [2.24, 2.45) is 16.6 Å². The number of hydrogen-bond acceptors (Lipinski definition) is 2. The molecule has 0 saturated heterocycles. The molecule has 1 aliphatic carbocycles. The third-order valence-electron chi connectivity index (χ3n) is 3.34. The topological polar surface area (TPSA) is 47.6 Å². The Morgan fingerprint density at radius 1 is 1.16 bits per heavy atom. The van der Waals surface area contributed by atoms with Crippen molar-refractivity contribution in [2.45, 2.75) is 38.7 Å². The lowest BCUT2D eigenvalue weighted by Crippen LogP contribution is -2.25. The highest BCUT2D eigenvalue weighted by atomic mass is 19.3. The predicted octanol–water partition coefficient (Wildman–Crippen LogP) is 3.86. The molecule has 1 fully saturated rings. The van der Waals surface area contributed by atoms with Crippen LogP contribution in [0, 0.1) is 5.92 Å². The smallest absolute Gasteiger partial charge is 0.387 e. The van der Waals surface area contributed by atoms with Crippen molar-refractivity contribution in [3.8, 4) is 5.75 Å². The molecule has 1 saturated carbocycles. The Hall–Kier alpha value is -1.65. The predicted molar refractivity (Wildman–Crippen MR) is 70.9 cm³/mol.